The van der Waals surface area contributed by atoms with Crippen LogP contribution in [0.2, 0.25) is 0 Å². The van der Waals surface area contributed by atoms with Gasteiger partial charge in [-0.05, 0) is 42.8 Å². The first kappa shape index (κ1) is 18.3. The van der Waals surface area contributed by atoms with Crippen LogP contribution in [0.4, 0.5) is 4.39 Å². The lowest BCUT2D eigenvalue weighted by Crippen LogP contribution is -2.10. The van der Waals surface area contributed by atoms with Crippen LogP contribution in [-0.2, 0) is 0 Å². The van der Waals surface area contributed by atoms with Crippen LogP contribution in [0.25, 0.3) is 6.08 Å². The van der Waals surface area contributed by atoms with Gasteiger partial charge in [-0.15, -0.1) is 0 Å². The molecule has 3 aromatic carbocycles. The van der Waals surface area contributed by atoms with Gasteiger partial charge < -0.3 is 4.74 Å². The highest BCUT2D eigenvalue weighted by Crippen LogP contribution is 2.18. The summed E-state index contributed by atoms with van der Waals surface area (Å²) in [6.45, 7) is 1.96. The van der Waals surface area contributed by atoms with Gasteiger partial charge >= 0.3 is 5.97 Å². The minimum atomic E-state index is -0.773. The van der Waals surface area contributed by atoms with Crippen LogP contribution in [0.15, 0.2) is 78.9 Å². The smallest absolute Gasteiger partial charge is 0.346 e. The molecule has 0 aliphatic heterocycles. The van der Waals surface area contributed by atoms with Gasteiger partial charge in [-0.3, -0.25) is 4.79 Å². The van der Waals surface area contributed by atoms with Gasteiger partial charge in [0, 0.05) is 5.56 Å². The SMILES string of the molecule is Cc1ccc(C(=O)C=Cc2cccc(OC(=O)c3ccccc3F)c2)cc1. The number of benzene rings is 3. The summed E-state index contributed by atoms with van der Waals surface area (Å²) in [5.41, 5.74) is 2.24. The number of rotatable bonds is 5. The predicted molar refractivity (Wildman–Crippen MR) is 102 cm³/mol. The van der Waals surface area contributed by atoms with Crippen molar-refractivity contribution in [3.05, 3.63) is 107 Å². The molecule has 4 heteroatoms. The van der Waals surface area contributed by atoms with Crippen molar-refractivity contribution in [2.24, 2.45) is 0 Å². The summed E-state index contributed by atoms with van der Waals surface area (Å²) in [4.78, 5) is 24.3. The van der Waals surface area contributed by atoms with Crippen LogP contribution in [0.5, 0.6) is 5.75 Å². The van der Waals surface area contributed by atoms with E-state index in [0.29, 0.717) is 11.1 Å². The summed E-state index contributed by atoms with van der Waals surface area (Å²) < 4.78 is 18.9. The fourth-order valence-electron chi connectivity index (χ4n) is 2.46. The average Bonchev–Trinajstić information content (AvgIpc) is 2.67. The van der Waals surface area contributed by atoms with E-state index in [1.165, 1.54) is 24.3 Å². The molecule has 3 aromatic rings. The van der Waals surface area contributed by atoms with Crippen LogP contribution in [0.1, 0.15) is 31.8 Å². The number of carbonyl (C=O) groups is 2. The van der Waals surface area contributed by atoms with E-state index in [9.17, 15) is 14.0 Å². The van der Waals surface area contributed by atoms with Crippen molar-refractivity contribution in [3.63, 3.8) is 0 Å². The number of ether oxygens (including phenoxy) is 1. The number of aryl methyl sites for hydroxylation is 1. The monoisotopic (exact) mass is 360 g/mol. The number of carbonyl (C=O) groups excluding carboxylic acids is 2. The molecule has 0 aromatic heterocycles. The van der Waals surface area contributed by atoms with Crippen molar-refractivity contribution >= 4 is 17.8 Å². The second-order valence-corrected chi connectivity index (χ2v) is 6.01. The fourth-order valence-corrected chi connectivity index (χ4v) is 2.46. The minimum absolute atomic E-state index is 0.122. The maximum absolute atomic E-state index is 13.7. The summed E-state index contributed by atoms with van der Waals surface area (Å²) in [5.74, 6) is -1.26. The van der Waals surface area contributed by atoms with Gasteiger partial charge in [0.25, 0.3) is 0 Å². The number of ketones is 1. The zero-order valence-electron chi connectivity index (χ0n) is 14.7. The van der Waals surface area contributed by atoms with Crippen molar-refractivity contribution in [3.8, 4) is 5.75 Å². The van der Waals surface area contributed by atoms with Gasteiger partial charge in [-0.1, -0.05) is 60.2 Å². The van der Waals surface area contributed by atoms with E-state index in [-0.39, 0.29) is 17.1 Å². The lowest BCUT2D eigenvalue weighted by Gasteiger charge is -2.06. The normalized spacial score (nSPS) is 10.7. The summed E-state index contributed by atoms with van der Waals surface area (Å²) >= 11 is 0. The largest absolute Gasteiger partial charge is 0.423 e. The van der Waals surface area contributed by atoms with Gasteiger partial charge in [0.05, 0.1) is 5.56 Å². The highest BCUT2D eigenvalue weighted by atomic mass is 19.1. The van der Waals surface area contributed by atoms with Gasteiger partial charge in [0.2, 0.25) is 0 Å². The molecule has 3 nitrogen and oxygen atoms in total. The Balaban J connectivity index is 1.72. The molecule has 0 bridgehead atoms. The lowest BCUT2D eigenvalue weighted by atomic mass is 10.1. The molecule has 0 saturated carbocycles. The maximum Gasteiger partial charge on any atom is 0.346 e. The van der Waals surface area contributed by atoms with Gasteiger partial charge in [0.15, 0.2) is 5.78 Å². The molecule has 134 valence electrons. The molecule has 0 atom stereocenters. The molecular formula is C23H17FO3. The highest BCUT2D eigenvalue weighted by Gasteiger charge is 2.13. The average molecular weight is 360 g/mol. The molecule has 0 amide bonds. The molecule has 0 heterocycles. The minimum Gasteiger partial charge on any atom is -0.423 e. The maximum atomic E-state index is 13.7. The van der Waals surface area contributed by atoms with Gasteiger partial charge in [-0.25, -0.2) is 9.18 Å². The summed E-state index contributed by atoms with van der Waals surface area (Å²) in [6, 6.07) is 19.6. The quantitative estimate of drug-likeness (QED) is 0.270. The molecular weight excluding hydrogens is 343 g/mol. The van der Waals surface area contributed by atoms with E-state index in [1.807, 2.05) is 19.1 Å². The Morgan fingerprint density at radius 2 is 1.67 bits per heavy atom. The Morgan fingerprint density at radius 3 is 2.41 bits per heavy atom. The van der Waals surface area contributed by atoms with Crippen molar-refractivity contribution in [1.82, 2.24) is 0 Å². The number of hydrogen-bond donors (Lipinski definition) is 0. The van der Waals surface area contributed by atoms with Gasteiger partial charge in [0.1, 0.15) is 11.6 Å². The Labute approximate surface area is 156 Å². The number of halogens is 1. The Hall–Kier alpha value is -3.53. The Kier molecular flexibility index (Phi) is 5.57. The Morgan fingerprint density at radius 1 is 0.926 bits per heavy atom. The summed E-state index contributed by atoms with van der Waals surface area (Å²) in [6.07, 6.45) is 3.10. The van der Waals surface area contributed by atoms with Crippen LogP contribution in [-0.4, -0.2) is 11.8 Å². The molecule has 0 N–H and O–H groups in total. The van der Waals surface area contributed by atoms with E-state index < -0.39 is 11.8 Å². The van der Waals surface area contributed by atoms with Crippen molar-refractivity contribution < 1.29 is 18.7 Å². The fraction of sp³-hybridized carbons (Fsp3) is 0.0435. The van der Waals surface area contributed by atoms with Crippen molar-refractivity contribution in [1.29, 1.82) is 0 Å². The molecule has 0 saturated heterocycles. The van der Waals surface area contributed by atoms with E-state index in [4.69, 9.17) is 4.74 Å². The summed E-state index contributed by atoms with van der Waals surface area (Å²) in [5, 5.41) is 0. The van der Waals surface area contributed by atoms with Crippen molar-refractivity contribution in [2.75, 3.05) is 0 Å². The lowest BCUT2D eigenvalue weighted by molar-refractivity contribution is 0.0729. The third-order valence-corrected chi connectivity index (χ3v) is 3.93. The van der Waals surface area contributed by atoms with Crippen LogP contribution < -0.4 is 4.74 Å². The van der Waals surface area contributed by atoms with Crippen molar-refractivity contribution in [2.45, 2.75) is 6.92 Å². The number of esters is 1. The molecule has 0 radical (unpaired) electrons. The second-order valence-electron chi connectivity index (χ2n) is 6.01. The molecule has 0 fully saturated rings. The van der Waals surface area contributed by atoms with E-state index in [0.717, 1.165) is 5.56 Å². The van der Waals surface area contributed by atoms with E-state index in [2.05, 4.69) is 0 Å². The molecule has 0 aliphatic carbocycles. The first-order valence-corrected chi connectivity index (χ1v) is 8.39. The van der Waals surface area contributed by atoms with Crippen LogP contribution >= 0.6 is 0 Å². The first-order valence-electron chi connectivity index (χ1n) is 8.39. The topological polar surface area (TPSA) is 43.4 Å². The molecule has 0 spiro atoms. The third kappa shape index (κ3) is 4.76. The zero-order valence-corrected chi connectivity index (χ0v) is 14.7. The van der Waals surface area contributed by atoms with Gasteiger partial charge in [-0.2, -0.15) is 0 Å². The van der Waals surface area contributed by atoms with E-state index >= 15 is 0 Å². The summed E-state index contributed by atoms with van der Waals surface area (Å²) in [7, 11) is 0. The van der Waals surface area contributed by atoms with Crippen LogP contribution in [0, 0.1) is 12.7 Å². The zero-order chi connectivity index (χ0) is 19.2. The predicted octanol–water partition coefficient (Wildman–Crippen LogP) is 5.25. The Bertz CT molecular complexity index is 1000. The first-order chi connectivity index (χ1) is 13.0. The molecule has 27 heavy (non-hydrogen) atoms. The van der Waals surface area contributed by atoms with E-state index in [1.54, 1.807) is 48.5 Å². The molecule has 0 unspecified atom stereocenters. The number of hydrogen-bond acceptors (Lipinski definition) is 3. The van der Waals surface area contributed by atoms with Crippen LogP contribution in [0.3, 0.4) is 0 Å². The highest BCUT2D eigenvalue weighted by molar-refractivity contribution is 6.06. The molecule has 0 aliphatic rings. The standard InChI is InChI=1S/C23H17FO3/c1-16-9-12-18(13-10-16)22(25)14-11-17-5-4-6-19(15-17)27-23(26)20-7-2-3-8-21(20)24/h2-15H,1H3. The third-order valence-electron chi connectivity index (χ3n) is 3.93. The molecule has 3 rings (SSSR count). The number of allylic oxidation sites excluding steroid dienone is 1. The second kappa shape index (κ2) is 8.23.